The van der Waals surface area contributed by atoms with E-state index < -0.39 is 0 Å². The molecule has 4 heteroatoms. The maximum absolute atomic E-state index is 11.8. The number of hydrogen-bond donors (Lipinski definition) is 1. The van der Waals surface area contributed by atoms with E-state index in [0.717, 1.165) is 34.0 Å². The van der Waals surface area contributed by atoms with E-state index in [1.807, 2.05) is 54.6 Å². The maximum Gasteiger partial charge on any atom is 0.141 e. The Labute approximate surface area is 272 Å². The molecule has 0 bridgehead atoms. The SMILES string of the molecule is Oc1cc(N(c2ccccc2)c2ccc3c(c2)sc2ccccc23)ccc1N(c1ccccc1)c1ccc(-c2ccccc2)cc1. The summed E-state index contributed by atoms with van der Waals surface area (Å²) in [6, 6.07) is 60.5. The molecule has 0 spiro atoms. The molecule has 0 amide bonds. The summed E-state index contributed by atoms with van der Waals surface area (Å²) in [5.41, 5.74) is 7.88. The first kappa shape index (κ1) is 27.7. The molecule has 0 saturated carbocycles. The van der Waals surface area contributed by atoms with Gasteiger partial charge in [0.05, 0.1) is 5.69 Å². The maximum atomic E-state index is 11.8. The second-order valence-corrected chi connectivity index (χ2v) is 12.3. The van der Waals surface area contributed by atoms with Crippen LogP contribution in [0, 0.1) is 0 Å². The van der Waals surface area contributed by atoms with Gasteiger partial charge in [-0.05, 0) is 77.9 Å². The van der Waals surface area contributed by atoms with E-state index in [2.05, 4.69) is 131 Å². The predicted molar refractivity (Wildman–Crippen MR) is 196 cm³/mol. The Bertz CT molecular complexity index is 2260. The van der Waals surface area contributed by atoms with Crippen molar-refractivity contribution >= 4 is 65.6 Å². The van der Waals surface area contributed by atoms with Crippen molar-refractivity contribution in [2.45, 2.75) is 0 Å². The van der Waals surface area contributed by atoms with Crippen LogP contribution >= 0.6 is 11.3 Å². The topological polar surface area (TPSA) is 26.7 Å². The normalized spacial score (nSPS) is 11.1. The Hall–Kier alpha value is -5.84. The lowest BCUT2D eigenvalue weighted by Crippen LogP contribution is -2.12. The third-order valence-corrected chi connectivity index (χ3v) is 9.47. The van der Waals surface area contributed by atoms with Crippen molar-refractivity contribution in [1.29, 1.82) is 0 Å². The van der Waals surface area contributed by atoms with Gasteiger partial charge in [-0.25, -0.2) is 0 Å². The molecule has 0 atom stereocenters. The van der Waals surface area contributed by atoms with Crippen LogP contribution in [0.1, 0.15) is 0 Å². The average molecular weight is 611 g/mol. The van der Waals surface area contributed by atoms with Crippen molar-refractivity contribution in [2.24, 2.45) is 0 Å². The first-order valence-corrected chi connectivity index (χ1v) is 16.1. The van der Waals surface area contributed by atoms with Crippen molar-refractivity contribution in [3.8, 4) is 16.9 Å². The molecule has 0 fully saturated rings. The lowest BCUT2D eigenvalue weighted by atomic mass is 10.0. The Morgan fingerprint density at radius 2 is 0.870 bits per heavy atom. The molecular weight excluding hydrogens is 581 g/mol. The summed E-state index contributed by atoms with van der Waals surface area (Å²) in [6.07, 6.45) is 0. The molecule has 0 aliphatic carbocycles. The standard InChI is InChI=1S/C42H30N2OS/c45-40-28-35(43(32-14-6-2-7-15-32)36-24-26-38-37-18-10-11-19-41(37)46-42(38)29-36)25-27-39(40)44(33-16-8-3-9-17-33)34-22-20-31(21-23-34)30-12-4-1-5-13-30/h1-29,45H. The highest BCUT2D eigenvalue weighted by Crippen LogP contribution is 2.45. The Morgan fingerprint density at radius 1 is 0.370 bits per heavy atom. The fourth-order valence-electron chi connectivity index (χ4n) is 6.16. The molecule has 0 unspecified atom stereocenters. The summed E-state index contributed by atoms with van der Waals surface area (Å²) >= 11 is 1.81. The third kappa shape index (κ3) is 5.15. The fraction of sp³-hybridized carbons (Fsp3) is 0. The first-order valence-electron chi connectivity index (χ1n) is 15.3. The molecular formula is C42H30N2OS. The van der Waals surface area contributed by atoms with Gasteiger partial charge in [0, 0.05) is 54.7 Å². The fourth-order valence-corrected chi connectivity index (χ4v) is 7.29. The number of thiophene rings is 1. The number of phenols is 1. The number of para-hydroxylation sites is 2. The Balaban J connectivity index is 1.22. The number of rotatable bonds is 7. The van der Waals surface area contributed by atoms with Crippen molar-refractivity contribution in [3.63, 3.8) is 0 Å². The van der Waals surface area contributed by atoms with Gasteiger partial charge in [0.15, 0.2) is 0 Å². The van der Waals surface area contributed by atoms with E-state index in [1.165, 1.54) is 25.7 Å². The van der Waals surface area contributed by atoms with Gasteiger partial charge in [-0.2, -0.15) is 0 Å². The van der Waals surface area contributed by atoms with Gasteiger partial charge in [0.25, 0.3) is 0 Å². The van der Waals surface area contributed by atoms with Crippen LogP contribution in [-0.4, -0.2) is 5.11 Å². The monoisotopic (exact) mass is 610 g/mol. The molecule has 8 aromatic rings. The summed E-state index contributed by atoms with van der Waals surface area (Å²) < 4.78 is 2.51. The molecule has 1 aromatic heterocycles. The van der Waals surface area contributed by atoms with Crippen LogP contribution < -0.4 is 9.80 Å². The summed E-state index contributed by atoms with van der Waals surface area (Å²) in [6.45, 7) is 0. The second kappa shape index (κ2) is 11.9. The highest BCUT2D eigenvalue weighted by Gasteiger charge is 2.20. The molecule has 7 aromatic carbocycles. The summed E-state index contributed by atoms with van der Waals surface area (Å²) in [5, 5.41) is 14.3. The van der Waals surface area contributed by atoms with E-state index in [9.17, 15) is 5.11 Å². The number of phenolic OH excluding ortho intramolecular Hbond substituents is 1. The van der Waals surface area contributed by atoms with Gasteiger partial charge in [0.1, 0.15) is 5.75 Å². The summed E-state index contributed by atoms with van der Waals surface area (Å²) in [4.78, 5) is 4.30. The highest BCUT2D eigenvalue weighted by atomic mass is 32.1. The van der Waals surface area contributed by atoms with Crippen molar-refractivity contribution in [3.05, 3.63) is 176 Å². The minimum atomic E-state index is 0.192. The lowest BCUT2D eigenvalue weighted by molar-refractivity contribution is 0.476. The minimum Gasteiger partial charge on any atom is -0.506 e. The zero-order chi connectivity index (χ0) is 30.9. The highest BCUT2D eigenvalue weighted by molar-refractivity contribution is 7.25. The lowest BCUT2D eigenvalue weighted by Gasteiger charge is -2.29. The molecule has 0 saturated heterocycles. The number of benzene rings is 7. The van der Waals surface area contributed by atoms with E-state index in [4.69, 9.17) is 0 Å². The van der Waals surface area contributed by atoms with Gasteiger partial charge in [-0.3, -0.25) is 0 Å². The van der Waals surface area contributed by atoms with Gasteiger partial charge in [-0.15, -0.1) is 11.3 Å². The van der Waals surface area contributed by atoms with E-state index in [0.29, 0.717) is 5.69 Å². The summed E-state index contributed by atoms with van der Waals surface area (Å²) in [7, 11) is 0. The predicted octanol–water partition coefficient (Wildman–Crippen LogP) is 12.4. The van der Waals surface area contributed by atoms with Gasteiger partial charge < -0.3 is 14.9 Å². The first-order chi connectivity index (χ1) is 22.7. The van der Waals surface area contributed by atoms with Crippen molar-refractivity contribution in [1.82, 2.24) is 0 Å². The molecule has 1 heterocycles. The zero-order valence-corrected chi connectivity index (χ0v) is 25.8. The van der Waals surface area contributed by atoms with Crippen LogP contribution in [0.15, 0.2) is 176 Å². The largest absolute Gasteiger partial charge is 0.506 e. The zero-order valence-electron chi connectivity index (χ0n) is 25.0. The number of nitrogens with zero attached hydrogens (tertiary/aromatic N) is 2. The van der Waals surface area contributed by atoms with Gasteiger partial charge in [0.2, 0.25) is 0 Å². The molecule has 46 heavy (non-hydrogen) atoms. The molecule has 1 N–H and O–H groups in total. The van der Waals surface area contributed by atoms with Crippen LogP contribution in [0.5, 0.6) is 5.75 Å². The number of hydrogen-bond acceptors (Lipinski definition) is 4. The quantitative estimate of drug-likeness (QED) is 0.194. The van der Waals surface area contributed by atoms with Gasteiger partial charge in [-0.1, -0.05) is 103 Å². The number of fused-ring (bicyclic) bond motifs is 3. The Kier molecular flexibility index (Phi) is 7.18. The minimum absolute atomic E-state index is 0.192. The smallest absolute Gasteiger partial charge is 0.141 e. The van der Waals surface area contributed by atoms with E-state index in [-0.39, 0.29) is 5.75 Å². The van der Waals surface area contributed by atoms with Crippen LogP contribution in [0.4, 0.5) is 34.1 Å². The van der Waals surface area contributed by atoms with Crippen LogP contribution in [0.2, 0.25) is 0 Å². The molecule has 8 rings (SSSR count). The third-order valence-electron chi connectivity index (χ3n) is 8.34. The van der Waals surface area contributed by atoms with Crippen LogP contribution in [-0.2, 0) is 0 Å². The number of aromatic hydroxyl groups is 1. The average Bonchev–Trinajstić information content (AvgIpc) is 3.49. The van der Waals surface area contributed by atoms with E-state index in [1.54, 1.807) is 11.3 Å². The van der Waals surface area contributed by atoms with Crippen LogP contribution in [0.25, 0.3) is 31.3 Å². The van der Waals surface area contributed by atoms with Crippen molar-refractivity contribution in [2.75, 3.05) is 9.80 Å². The molecule has 0 aliphatic rings. The van der Waals surface area contributed by atoms with Crippen molar-refractivity contribution < 1.29 is 5.11 Å². The molecule has 0 radical (unpaired) electrons. The Morgan fingerprint density at radius 3 is 1.57 bits per heavy atom. The molecule has 0 aliphatic heterocycles. The van der Waals surface area contributed by atoms with Gasteiger partial charge >= 0.3 is 0 Å². The number of anilines is 6. The molecule has 3 nitrogen and oxygen atoms in total. The molecule has 220 valence electrons. The van der Waals surface area contributed by atoms with E-state index >= 15 is 0 Å². The van der Waals surface area contributed by atoms with Crippen LogP contribution in [0.3, 0.4) is 0 Å². The second-order valence-electron chi connectivity index (χ2n) is 11.2. The summed E-state index contributed by atoms with van der Waals surface area (Å²) in [5.74, 6) is 0.192.